The van der Waals surface area contributed by atoms with Crippen molar-refractivity contribution in [1.82, 2.24) is 9.97 Å². The maximum atomic E-state index is 10.9. The van der Waals surface area contributed by atoms with Gasteiger partial charge < -0.3 is 20.3 Å². The number of carboxylic acids is 1. The molecule has 0 aliphatic rings. The summed E-state index contributed by atoms with van der Waals surface area (Å²) in [7, 11) is 2.97. The third-order valence-electron chi connectivity index (χ3n) is 2.40. The molecule has 0 saturated carbocycles. The van der Waals surface area contributed by atoms with E-state index in [1.54, 1.807) is 12.1 Å². The lowest BCUT2D eigenvalue weighted by molar-refractivity contribution is 0.0692. The maximum absolute atomic E-state index is 10.9. The van der Waals surface area contributed by atoms with Gasteiger partial charge in [0.15, 0.2) is 23.0 Å². The highest BCUT2D eigenvalue weighted by Crippen LogP contribution is 2.31. The molecule has 94 valence electrons. The van der Waals surface area contributed by atoms with Crippen molar-refractivity contribution in [3.8, 4) is 11.5 Å². The molecular weight excluding hydrogens is 238 g/mol. The number of rotatable bonds is 3. The van der Waals surface area contributed by atoms with Crippen molar-refractivity contribution in [3.05, 3.63) is 17.8 Å². The van der Waals surface area contributed by atoms with Gasteiger partial charge in [0.05, 0.1) is 25.3 Å². The summed E-state index contributed by atoms with van der Waals surface area (Å²) in [6.45, 7) is 0. The fraction of sp³-hybridized carbons (Fsp3) is 0.182. The van der Waals surface area contributed by atoms with Gasteiger partial charge in [-0.25, -0.2) is 14.8 Å². The van der Waals surface area contributed by atoms with E-state index in [-0.39, 0.29) is 11.5 Å². The zero-order valence-corrected chi connectivity index (χ0v) is 9.80. The number of hydrogen-bond acceptors (Lipinski definition) is 6. The van der Waals surface area contributed by atoms with E-state index in [0.29, 0.717) is 22.5 Å². The number of aromatic carboxylic acids is 1. The molecule has 0 atom stereocenters. The molecule has 0 aliphatic heterocycles. The zero-order valence-electron chi connectivity index (χ0n) is 9.80. The van der Waals surface area contributed by atoms with Crippen LogP contribution in [0.2, 0.25) is 0 Å². The highest BCUT2D eigenvalue weighted by atomic mass is 16.5. The van der Waals surface area contributed by atoms with Crippen molar-refractivity contribution in [3.63, 3.8) is 0 Å². The molecule has 3 N–H and O–H groups in total. The van der Waals surface area contributed by atoms with Crippen molar-refractivity contribution < 1.29 is 19.4 Å². The molecule has 7 heteroatoms. The lowest BCUT2D eigenvalue weighted by atomic mass is 10.2. The molecule has 0 radical (unpaired) electrons. The van der Waals surface area contributed by atoms with E-state index in [0.717, 1.165) is 0 Å². The average Bonchev–Trinajstić information content (AvgIpc) is 2.36. The van der Waals surface area contributed by atoms with Gasteiger partial charge in [-0.3, -0.25) is 0 Å². The molecule has 2 rings (SSSR count). The third-order valence-corrected chi connectivity index (χ3v) is 2.40. The number of nitrogens with zero attached hydrogens (tertiary/aromatic N) is 2. The molecule has 1 heterocycles. The Morgan fingerprint density at radius 1 is 1.17 bits per heavy atom. The summed E-state index contributed by atoms with van der Waals surface area (Å²) in [5, 5.41) is 8.91. The first-order valence-corrected chi connectivity index (χ1v) is 4.99. The van der Waals surface area contributed by atoms with E-state index in [2.05, 4.69) is 9.97 Å². The van der Waals surface area contributed by atoms with Crippen molar-refractivity contribution in [2.45, 2.75) is 0 Å². The minimum atomic E-state index is -1.23. The fourth-order valence-electron chi connectivity index (χ4n) is 1.55. The van der Waals surface area contributed by atoms with Gasteiger partial charge in [-0.15, -0.1) is 0 Å². The standard InChI is InChI=1S/C11H11N3O4/c1-17-7-3-5-6(4-8(7)18-2)14-10(12)9(13-5)11(15)16/h3-4H,1-2H3,(H2,12,14)(H,15,16). The molecule has 0 aliphatic carbocycles. The van der Waals surface area contributed by atoms with Crippen molar-refractivity contribution in [2.75, 3.05) is 20.0 Å². The molecule has 18 heavy (non-hydrogen) atoms. The topological polar surface area (TPSA) is 108 Å². The SMILES string of the molecule is COc1cc2nc(N)c(C(=O)O)nc2cc1OC. The molecule has 0 fully saturated rings. The fourth-order valence-corrected chi connectivity index (χ4v) is 1.55. The first kappa shape index (κ1) is 11.9. The molecule has 0 unspecified atom stereocenters. The van der Waals surface area contributed by atoms with Gasteiger partial charge in [0.25, 0.3) is 0 Å². The second-order valence-electron chi connectivity index (χ2n) is 3.46. The zero-order chi connectivity index (χ0) is 13.3. The number of aromatic nitrogens is 2. The molecule has 0 saturated heterocycles. The monoisotopic (exact) mass is 249 g/mol. The van der Waals surface area contributed by atoms with Gasteiger partial charge in [-0.05, 0) is 0 Å². The van der Waals surface area contributed by atoms with Gasteiger partial charge >= 0.3 is 5.97 Å². The van der Waals surface area contributed by atoms with Gasteiger partial charge in [-0.2, -0.15) is 0 Å². The Bertz CT molecular complexity index is 627. The predicted octanol–water partition coefficient (Wildman–Crippen LogP) is 0.927. The van der Waals surface area contributed by atoms with Gasteiger partial charge in [0.2, 0.25) is 0 Å². The number of fused-ring (bicyclic) bond motifs is 1. The van der Waals surface area contributed by atoms with Crippen LogP contribution in [0.3, 0.4) is 0 Å². The summed E-state index contributed by atoms with van der Waals surface area (Å²) < 4.78 is 10.2. The van der Waals surface area contributed by atoms with E-state index in [4.69, 9.17) is 20.3 Å². The molecule has 1 aromatic heterocycles. The Morgan fingerprint density at radius 2 is 1.67 bits per heavy atom. The van der Waals surface area contributed by atoms with Crippen molar-refractivity contribution in [1.29, 1.82) is 0 Å². The van der Waals surface area contributed by atoms with E-state index in [1.807, 2.05) is 0 Å². The Kier molecular flexibility index (Phi) is 2.88. The number of nitrogen functional groups attached to an aromatic ring is 1. The largest absolute Gasteiger partial charge is 0.493 e. The molecule has 2 aromatic rings. The summed E-state index contributed by atoms with van der Waals surface area (Å²) in [4.78, 5) is 18.8. The number of carbonyl (C=O) groups is 1. The summed E-state index contributed by atoms with van der Waals surface area (Å²) >= 11 is 0. The Morgan fingerprint density at radius 3 is 2.11 bits per heavy atom. The average molecular weight is 249 g/mol. The van der Waals surface area contributed by atoms with Crippen LogP contribution in [-0.4, -0.2) is 35.3 Å². The van der Waals surface area contributed by atoms with Crippen LogP contribution < -0.4 is 15.2 Å². The third kappa shape index (κ3) is 1.86. The number of nitrogens with two attached hydrogens (primary N) is 1. The molecule has 1 aromatic carbocycles. The second kappa shape index (κ2) is 4.36. The van der Waals surface area contributed by atoms with Crippen molar-refractivity contribution >= 4 is 22.8 Å². The molecule has 0 spiro atoms. The summed E-state index contributed by atoms with van der Waals surface area (Å²) in [6, 6.07) is 3.14. The summed E-state index contributed by atoms with van der Waals surface area (Å²) in [5.74, 6) is -0.443. The second-order valence-corrected chi connectivity index (χ2v) is 3.46. The number of hydrogen-bond donors (Lipinski definition) is 2. The van der Waals surface area contributed by atoms with E-state index < -0.39 is 5.97 Å². The minimum absolute atomic E-state index is 0.137. The maximum Gasteiger partial charge on any atom is 0.358 e. The van der Waals surface area contributed by atoms with Crippen molar-refractivity contribution in [2.24, 2.45) is 0 Å². The number of carboxylic acid groups (broad SMARTS) is 1. The first-order chi connectivity index (χ1) is 8.56. The van der Waals surface area contributed by atoms with Gasteiger partial charge in [0, 0.05) is 12.1 Å². The van der Waals surface area contributed by atoms with Crippen LogP contribution in [0.5, 0.6) is 11.5 Å². The van der Waals surface area contributed by atoms with E-state index in [9.17, 15) is 4.79 Å². The van der Waals surface area contributed by atoms with Crippen LogP contribution in [-0.2, 0) is 0 Å². The quantitative estimate of drug-likeness (QED) is 0.832. The van der Waals surface area contributed by atoms with Crippen LogP contribution in [0.25, 0.3) is 11.0 Å². The van der Waals surface area contributed by atoms with Gasteiger partial charge in [0.1, 0.15) is 0 Å². The lowest BCUT2D eigenvalue weighted by Gasteiger charge is -2.09. The molecule has 0 bridgehead atoms. The summed E-state index contributed by atoms with van der Waals surface area (Å²) in [6.07, 6.45) is 0. The van der Waals surface area contributed by atoms with Crippen LogP contribution in [0.4, 0.5) is 5.82 Å². The van der Waals surface area contributed by atoms with Crippen LogP contribution in [0.1, 0.15) is 10.5 Å². The smallest absolute Gasteiger partial charge is 0.358 e. The molecule has 0 amide bonds. The molecular formula is C11H11N3O4. The van der Waals surface area contributed by atoms with Crippen LogP contribution >= 0.6 is 0 Å². The number of benzene rings is 1. The van der Waals surface area contributed by atoms with E-state index >= 15 is 0 Å². The normalized spacial score (nSPS) is 10.3. The minimum Gasteiger partial charge on any atom is -0.493 e. The number of methoxy groups -OCH3 is 2. The first-order valence-electron chi connectivity index (χ1n) is 4.99. The Hall–Kier alpha value is -2.57. The lowest BCUT2D eigenvalue weighted by Crippen LogP contribution is -2.08. The van der Waals surface area contributed by atoms with Crippen LogP contribution in [0.15, 0.2) is 12.1 Å². The number of anilines is 1. The van der Waals surface area contributed by atoms with E-state index in [1.165, 1.54) is 14.2 Å². The summed E-state index contributed by atoms with van der Waals surface area (Å²) in [5.41, 5.74) is 6.05. The highest BCUT2D eigenvalue weighted by Gasteiger charge is 2.15. The Balaban J connectivity index is 2.73. The van der Waals surface area contributed by atoms with Gasteiger partial charge in [-0.1, -0.05) is 0 Å². The highest BCUT2D eigenvalue weighted by molar-refractivity contribution is 5.93. The number of ether oxygens (including phenoxy) is 2. The predicted molar refractivity (Wildman–Crippen MR) is 64.0 cm³/mol. The Labute approximate surface area is 102 Å². The molecule has 7 nitrogen and oxygen atoms in total. The van der Waals surface area contributed by atoms with Crippen LogP contribution in [0, 0.1) is 0 Å².